The number of nitrogens with zero attached hydrogens (tertiary/aromatic N) is 1. The molecule has 0 fully saturated rings. The standard InChI is InChI=1S/C23H23NO4S/c1-26-19-13-16-10-11-24(22(25)15-28-17-7-4-3-5-8-17)23(21-9-6-12-29-21)18(16)14-20(19)27-2/h3-9,12-14,23H,10-11,15H2,1-2H3/t23-/m1/s1. The quantitative estimate of drug-likeness (QED) is 0.608. The molecule has 5 nitrogen and oxygen atoms in total. The monoisotopic (exact) mass is 409 g/mol. The van der Waals surface area contributed by atoms with Crippen molar-refractivity contribution in [3.8, 4) is 17.2 Å². The first-order valence-corrected chi connectivity index (χ1v) is 10.3. The molecule has 0 saturated carbocycles. The molecule has 0 bridgehead atoms. The van der Waals surface area contributed by atoms with Gasteiger partial charge in [0.1, 0.15) is 5.75 Å². The summed E-state index contributed by atoms with van der Waals surface area (Å²) in [5.41, 5.74) is 2.25. The third-order valence-corrected chi connectivity index (χ3v) is 6.04. The van der Waals surface area contributed by atoms with E-state index in [2.05, 4.69) is 6.07 Å². The molecule has 6 heteroatoms. The summed E-state index contributed by atoms with van der Waals surface area (Å²) in [4.78, 5) is 16.1. The molecule has 0 N–H and O–H groups in total. The Hall–Kier alpha value is -2.99. The first-order valence-electron chi connectivity index (χ1n) is 9.46. The van der Waals surface area contributed by atoms with Crippen LogP contribution >= 0.6 is 11.3 Å². The molecule has 4 rings (SSSR count). The van der Waals surface area contributed by atoms with E-state index in [1.807, 2.05) is 58.8 Å². The van der Waals surface area contributed by atoms with Crippen LogP contribution in [-0.4, -0.2) is 38.2 Å². The maximum Gasteiger partial charge on any atom is 0.261 e. The Morgan fingerprint density at radius 2 is 1.83 bits per heavy atom. The Bertz CT molecular complexity index is 972. The van der Waals surface area contributed by atoms with Crippen LogP contribution in [0, 0.1) is 0 Å². The van der Waals surface area contributed by atoms with Gasteiger partial charge in [0, 0.05) is 11.4 Å². The third kappa shape index (κ3) is 3.93. The fourth-order valence-corrected chi connectivity index (χ4v) is 4.57. The van der Waals surface area contributed by atoms with Gasteiger partial charge in [0.05, 0.1) is 20.3 Å². The van der Waals surface area contributed by atoms with Crippen molar-refractivity contribution in [3.05, 3.63) is 76.0 Å². The van der Waals surface area contributed by atoms with Crippen molar-refractivity contribution in [1.82, 2.24) is 4.90 Å². The molecule has 1 atom stereocenters. The molecule has 0 spiro atoms. The van der Waals surface area contributed by atoms with Crippen LogP contribution < -0.4 is 14.2 Å². The molecule has 2 aromatic carbocycles. The smallest absolute Gasteiger partial charge is 0.261 e. The van der Waals surface area contributed by atoms with Gasteiger partial charge in [-0.25, -0.2) is 0 Å². The molecule has 0 saturated heterocycles. The average Bonchev–Trinajstić information content (AvgIpc) is 3.30. The summed E-state index contributed by atoms with van der Waals surface area (Å²) in [5, 5.41) is 2.04. The van der Waals surface area contributed by atoms with Crippen molar-refractivity contribution in [2.75, 3.05) is 27.4 Å². The molecule has 150 valence electrons. The number of amides is 1. The molecule has 0 aliphatic carbocycles. The van der Waals surface area contributed by atoms with E-state index < -0.39 is 0 Å². The van der Waals surface area contributed by atoms with E-state index in [1.165, 1.54) is 5.56 Å². The molecule has 3 aromatic rings. The SMILES string of the molecule is COc1cc2c(cc1OC)[C@H](c1cccs1)N(C(=O)COc1ccccc1)CC2. The van der Waals surface area contributed by atoms with Gasteiger partial charge in [-0.15, -0.1) is 11.3 Å². The van der Waals surface area contributed by atoms with E-state index >= 15 is 0 Å². The predicted octanol–water partition coefficient (Wildman–Crippen LogP) is 4.32. The predicted molar refractivity (Wildman–Crippen MR) is 113 cm³/mol. The van der Waals surface area contributed by atoms with Gasteiger partial charge in [-0.2, -0.15) is 0 Å². The Labute approximate surface area is 174 Å². The summed E-state index contributed by atoms with van der Waals surface area (Å²) in [6.07, 6.45) is 0.759. The number of rotatable bonds is 6. The van der Waals surface area contributed by atoms with E-state index in [-0.39, 0.29) is 18.6 Å². The first-order chi connectivity index (χ1) is 14.2. The van der Waals surface area contributed by atoms with Gasteiger partial charge < -0.3 is 19.1 Å². The van der Waals surface area contributed by atoms with Gasteiger partial charge >= 0.3 is 0 Å². The van der Waals surface area contributed by atoms with Crippen LogP contribution in [0.1, 0.15) is 22.0 Å². The molecule has 1 aliphatic heterocycles. The van der Waals surface area contributed by atoms with Gasteiger partial charge in [0.25, 0.3) is 5.91 Å². The number of ether oxygens (including phenoxy) is 3. The molecule has 1 aromatic heterocycles. The lowest BCUT2D eigenvalue weighted by atomic mass is 9.90. The van der Waals surface area contributed by atoms with Crippen LogP contribution in [0.3, 0.4) is 0 Å². The second-order valence-electron chi connectivity index (χ2n) is 6.76. The van der Waals surface area contributed by atoms with Crippen LogP contribution in [0.15, 0.2) is 60.0 Å². The number of para-hydroxylation sites is 1. The molecular formula is C23H23NO4S. The van der Waals surface area contributed by atoms with Crippen molar-refractivity contribution in [2.45, 2.75) is 12.5 Å². The molecule has 0 radical (unpaired) electrons. The minimum Gasteiger partial charge on any atom is -0.493 e. The second-order valence-corrected chi connectivity index (χ2v) is 7.74. The molecule has 0 unspecified atom stereocenters. The lowest BCUT2D eigenvalue weighted by Gasteiger charge is -2.37. The zero-order valence-electron chi connectivity index (χ0n) is 16.5. The van der Waals surface area contributed by atoms with Gasteiger partial charge in [-0.1, -0.05) is 24.3 Å². The number of benzene rings is 2. The molecular weight excluding hydrogens is 386 g/mol. The van der Waals surface area contributed by atoms with E-state index in [9.17, 15) is 4.79 Å². The summed E-state index contributed by atoms with van der Waals surface area (Å²) in [6, 6.07) is 17.4. The minimum absolute atomic E-state index is 0.00844. The Morgan fingerprint density at radius 3 is 2.52 bits per heavy atom. The van der Waals surface area contributed by atoms with Crippen LogP contribution in [-0.2, 0) is 11.2 Å². The normalized spacial score (nSPS) is 15.5. The second kappa shape index (κ2) is 8.57. The molecule has 2 heterocycles. The zero-order chi connectivity index (χ0) is 20.2. The van der Waals surface area contributed by atoms with Crippen molar-refractivity contribution in [2.24, 2.45) is 0 Å². The Balaban J connectivity index is 1.65. The van der Waals surface area contributed by atoms with Crippen molar-refractivity contribution >= 4 is 17.2 Å². The summed E-state index contributed by atoms with van der Waals surface area (Å²) in [7, 11) is 3.27. The average molecular weight is 410 g/mol. The van der Waals surface area contributed by atoms with Crippen LogP contribution in [0.5, 0.6) is 17.2 Å². The number of thiophene rings is 1. The van der Waals surface area contributed by atoms with E-state index in [0.29, 0.717) is 23.8 Å². The fraction of sp³-hybridized carbons (Fsp3) is 0.261. The number of carbonyl (C=O) groups is 1. The number of hydrogen-bond acceptors (Lipinski definition) is 5. The summed E-state index contributed by atoms with van der Waals surface area (Å²) in [5.74, 6) is 2.04. The number of carbonyl (C=O) groups excluding carboxylic acids is 1. The zero-order valence-corrected chi connectivity index (χ0v) is 17.3. The van der Waals surface area contributed by atoms with E-state index in [4.69, 9.17) is 14.2 Å². The lowest BCUT2D eigenvalue weighted by molar-refractivity contribution is -0.135. The van der Waals surface area contributed by atoms with Gasteiger partial charge in [-0.05, 0) is 53.3 Å². The third-order valence-electron chi connectivity index (χ3n) is 5.11. The maximum atomic E-state index is 13.1. The minimum atomic E-state index is -0.162. The highest BCUT2D eigenvalue weighted by atomic mass is 32.1. The van der Waals surface area contributed by atoms with Crippen molar-refractivity contribution in [3.63, 3.8) is 0 Å². The maximum absolute atomic E-state index is 13.1. The molecule has 1 aliphatic rings. The van der Waals surface area contributed by atoms with E-state index in [1.54, 1.807) is 25.6 Å². The number of methoxy groups -OCH3 is 2. The highest BCUT2D eigenvalue weighted by Gasteiger charge is 2.34. The Kier molecular flexibility index (Phi) is 5.71. The van der Waals surface area contributed by atoms with Gasteiger partial charge in [0.15, 0.2) is 18.1 Å². The lowest BCUT2D eigenvalue weighted by Crippen LogP contribution is -2.42. The summed E-state index contributed by atoms with van der Waals surface area (Å²) < 4.78 is 16.7. The van der Waals surface area contributed by atoms with Crippen LogP contribution in [0.25, 0.3) is 0 Å². The fourth-order valence-electron chi connectivity index (χ4n) is 3.71. The first kappa shape index (κ1) is 19.3. The number of hydrogen-bond donors (Lipinski definition) is 0. The van der Waals surface area contributed by atoms with Crippen molar-refractivity contribution in [1.29, 1.82) is 0 Å². The van der Waals surface area contributed by atoms with Gasteiger partial charge in [0.2, 0.25) is 0 Å². The van der Waals surface area contributed by atoms with Gasteiger partial charge in [-0.3, -0.25) is 4.79 Å². The Morgan fingerprint density at radius 1 is 1.07 bits per heavy atom. The molecule has 1 amide bonds. The summed E-state index contributed by atoms with van der Waals surface area (Å²) in [6.45, 7) is 0.635. The summed E-state index contributed by atoms with van der Waals surface area (Å²) >= 11 is 1.65. The highest BCUT2D eigenvalue weighted by molar-refractivity contribution is 7.10. The largest absolute Gasteiger partial charge is 0.493 e. The van der Waals surface area contributed by atoms with Crippen molar-refractivity contribution < 1.29 is 19.0 Å². The highest BCUT2D eigenvalue weighted by Crippen LogP contribution is 2.42. The van der Waals surface area contributed by atoms with Crippen LogP contribution in [0.2, 0.25) is 0 Å². The van der Waals surface area contributed by atoms with E-state index in [0.717, 1.165) is 16.9 Å². The topological polar surface area (TPSA) is 48.0 Å². The number of fused-ring (bicyclic) bond motifs is 1. The van der Waals surface area contributed by atoms with Crippen LogP contribution in [0.4, 0.5) is 0 Å². The molecule has 29 heavy (non-hydrogen) atoms.